The quantitative estimate of drug-likeness (QED) is 0.223. The molecule has 0 amide bonds. The number of aromatic nitrogens is 1. The molecule has 0 atom stereocenters. The van der Waals surface area contributed by atoms with Crippen LogP contribution in [0.1, 0.15) is 0 Å². The van der Waals surface area contributed by atoms with Crippen molar-refractivity contribution in [2.45, 2.75) is 0 Å². The minimum Gasteiger partial charge on any atom is -0.488 e. The van der Waals surface area contributed by atoms with E-state index in [1.165, 1.54) is 0 Å². The molecule has 1 aliphatic heterocycles. The Labute approximate surface area is 224 Å². The number of benzene rings is 4. The second kappa shape index (κ2) is 11.5. The molecule has 0 spiro atoms. The van der Waals surface area contributed by atoms with Gasteiger partial charge in [0, 0.05) is 0 Å². The van der Waals surface area contributed by atoms with Crippen LogP contribution in [-0.4, -0.2) is 31.4 Å². The van der Waals surface area contributed by atoms with Crippen molar-refractivity contribution in [1.29, 1.82) is 0 Å². The Morgan fingerprint density at radius 2 is 0.846 bits per heavy atom. The molecule has 0 aliphatic carbocycles. The lowest BCUT2D eigenvalue weighted by Crippen LogP contribution is -2.12. The first-order chi connectivity index (χ1) is 19.3. The molecule has 0 fully saturated rings. The van der Waals surface area contributed by atoms with Crippen molar-refractivity contribution in [3.8, 4) is 23.0 Å². The van der Waals surface area contributed by atoms with Crippen LogP contribution in [0.15, 0.2) is 118 Å². The summed E-state index contributed by atoms with van der Waals surface area (Å²) >= 11 is 0. The maximum atomic E-state index is 6.11. The number of nitrogens with zero attached hydrogens (tertiary/aromatic N) is 4. The molecular weight excluding hydrogens is 494 g/mol. The van der Waals surface area contributed by atoms with E-state index in [9.17, 15) is 0 Å². The molecule has 0 unspecified atom stereocenters. The first-order valence-corrected chi connectivity index (χ1v) is 12.6. The molecule has 9 nitrogen and oxygen atoms in total. The lowest BCUT2D eigenvalue weighted by Gasteiger charge is -2.15. The average molecular weight is 520 g/mol. The van der Waals surface area contributed by atoms with Gasteiger partial charge in [-0.1, -0.05) is 48.5 Å². The second-order valence-corrected chi connectivity index (χ2v) is 8.60. The van der Waals surface area contributed by atoms with Gasteiger partial charge in [0.25, 0.3) is 0 Å². The third kappa shape index (κ3) is 5.88. The fourth-order valence-corrected chi connectivity index (χ4v) is 4.06. The average Bonchev–Trinajstić information content (AvgIpc) is 3.43. The molecular formula is C30H25N5O4. The highest BCUT2D eigenvalue weighted by molar-refractivity contribution is 5.86. The highest BCUT2D eigenvalue weighted by Gasteiger charge is 2.10. The number of rotatable bonds is 0. The monoisotopic (exact) mass is 519 g/mol. The number of H-pyrrole nitrogens is 1. The Hall–Kier alpha value is -5.18. The summed E-state index contributed by atoms with van der Waals surface area (Å²) in [6, 6.07) is 30.5. The number of para-hydroxylation sites is 2. The van der Waals surface area contributed by atoms with E-state index in [1.807, 2.05) is 84.9 Å². The number of hydrogen-bond acceptors (Lipinski definition) is 8. The minimum absolute atomic E-state index is 0.311. The van der Waals surface area contributed by atoms with Gasteiger partial charge in [-0.15, -0.1) is 20.5 Å². The molecule has 39 heavy (non-hydrogen) atoms. The Bertz CT molecular complexity index is 1530. The highest BCUT2D eigenvalue weighted by Crippen LogP contribution is 2.34. The van der Waals surface area contributed by atoms with E-state index in [-0.39, 0.29) is 0 Å². The van der Waals surface area contributed by atoms with Crippen molar-refractivity contribution in [3.05, 3.63) is 97.1 Å². The maximum Gasteiger partial charge on any atom is 0.161 e. The molecule has 1 aliphatic rings. The summed E-state index contributed by atoms with van der Waals surface area (Å²) in [6.07, 6.45) is 0. The van der Waals surface area contributed by atoms with Crippen LogP contribution < -0.4 is 18.9 Å². The summed E-state index contributed by atoms with van der Waals surface area (Å²) in [6.45, 7) is 1.25. The molecule has 0 radical (unpaired) electrons. The topological polar surface area (TPSA) is 102 Å². The molecule has 1 aromatic heterocycles. The van der Waals surface area contributed by atoms with Gasteiger partial charge in [-0.3, -0.25) is 0 Å². The summed E-state index contributed by atoms with van der Waals surface area (Å²) in [7, 11) is 0. The van der Waals surface area contributed by atoms with Crippen LogP contribution in [0.25, 0.3) is 10.8 Å². The van der Waals surface area contributed by atoms with Crippen molar-refractivity contribution in [1.82, 2.24) is 4.98 Å². The summed E-state index contributed by atoms with van der Waals surface area (Å²) in [5, 5.41) is 19.4. The molecule has 2 heterocycles. The van der Waals surface area contributed by atoms with Crippen molar-refractivity contribution in [3.63, 3.8) is 0 Å². The Morgan fingerprint density at radius 1 is 0.436 bits per heavy atom. The molecule has 0 saturated carbocycles. The SMILES string of the molecule is c1ccc2c(c1)N=Nc1ccc([nH]1)N=Nc1ccccc1OCCOc1cc3ccccc3cc1OCCO2. The van der Waals surface area contributed by atoms with Crippen LogP contribution in [0.3, 0.4) is 0 Å². The fraction of sp³-hybridized carbons (Fsp3) is 0.133. The predicted molar refractivity (Wildman–Crippen MR) is 148 cm³/mol. The Morgan fingerprint density at radius 3 is 1.33 bits per heavy atom. The van der Waals surface area contributed by atoms with Crippen molar-refractivity contribution in [2.24, 2.45) is 20.5 Å². The third-order valence-electron chi connectivity index (χ3n) is 5.93. The zero-order chi connectivity index (χ0) is 26.3. The standard InChI is InChI=1S/C30H25N5O4/c1-2-8-22-20-28-27(19-21(22)7-1)38-17-15-36-25-11-5-3-9-23(25)32-34-29-13-14-30(31-29)35-33-24-10-4-6-12-26(24)37-16-18-39-28/h1-14,19-20,31H,15-18H2. The van der Waals surface area contributed by atoms with Crippen LogP contribution in [0.5, 0.6) is 23.0 Å². The first kappa shape index (κ1) is 24.2. The normalized spacial score (nSPS) is 13.8. The molecule has 2 bridgehead atoms. The number of nitrogens with one attached hydrogen (secondary N) is 1. The van der Waals surface area contributed by atoms with Crippen LogP contribution >= 0.6 is 0 Å². The molecule has 0 saturated heterocycles. The minimum atomic E-state index is 0.311. The lowest BCUT2D eigenvalue weighted by molar-refractivity contribution is 0.192. The third-order valence-corrected chi connectivity index (χ3v) is 5.93. The van der Waals surface area contributed by atoms with Gasteiger partial charge < -0.3 is 23.9 Å². The molecule has 194 valence electrons. The van der Waals surface area contributed by atoms with Gasteiger partial charge in [-0.05, 0) is 59.3 Å². The van der Waals surface area contributed by atoms with E-state index in [1.54, 1.807) is 12.1 Å². The summed E-state index contributed by atoms with van der Waals surface area (Å²) < 4.78 is 24.2. The summed E-state index contributed by atoms with van der Waals surface area (Å²) in [5.74, 6) is 3.55. The van der Waals surface area contributed by atoms with Gasteiger partial charge in [0.1, 0.15) is 49.3 Å². The Kier molecular flexibility index (Phi) is 7.11. The summed E-state index contributed by atoms with van der Waals surface area (Å²) in [4.78, 5) is 3.09. The van der Waals surface area contributed by atoms with Crippen LogP contribution in [0.4, 0.5) is 23.0 Å². The van der Waals surface area contributed by atoms with Gasteiger partial charge in [0.2, 0.25) is 0 Å². The first-order valence-electron chi connectivity index (χ1n) is 12.6. The highest BCUT2D eigenvalue weighted by atomic mass is 16.6. The van der Waals surface area contributed by atoms with Crippen molar-refractivity contribution < 1.29 is 18.9 Å². The summed E-state index contributed by atoms with van der Waals surface area (Å²) in [5.41, 5.74) is 1.20. The zero-order valence-corrected chi connectivity index (χ0v) is 21.0. The van der Waals surface area contributed by atoms with Gasteiger partial charge in [-0.25, -0.2) is 0 Å². The van der Waals surface area contributed by atoms with E-state index < -0.39 is 0 Å². The Balaban J connectivity index is 1.30. The predicted octanol–water partition coefficient (Wildman–Crippen LogP) is 8.23. The largest absolute Gasteiger partial charge is 0.488 e. The maximum absolute atomic E-state index is 6.11. The number of ether oxygens (including phenoxy) is 4. The van der Waals surface area contributed by atoms with Crippen molar-refractivity contribution in [2.75, 3.05) is 26.4 Å². The van der Waals surface area contributed by atoms with Gasteiger partial charge >= 0.3 is 0 Å². The molecule has 6 rings (SSSR count). The molecule has 5 aromatic rings. The zero-order valence-electron chi connectivity index (χ0n) is 21.0. The number of aromatic amines is 1. The van der Waals surface area contributed by atoms with E-state index >= 15 is 0 Å². The smallest absolute Gasteiger partial charge is 0.161 e. The molecule has 1 N–H and O–H groups in total. The van der Waals surface area contributed by atoms with Gasteiger partial charge in [-0.2, -0.15) is 0 Å². The van der Waals surface area contributed by atoms with Crippen LogP contribution in [0, 0.1) is 0 Å². The van der Waals surface area contributed by atoms with E-state index in [0.29, 0.717) is 72.4 Å². The second-order valence-electron chi connectivity index (χ2n) is 8.60. The van der Waals surface area contributed by atoms with Crippen molar-refractivity contribution >= 4 is 33.8 Å². The van der Waals surface area contributed by atoms with E-state index in [2.05, 4.69) is 25.4 Å². The van der Waals surface area contributed by atoms with E-state index in [0.717, 1.165) is 10.8 Å². The lowest BCUT2D eigenvalue weighted by atomic mass is 10.1. The number of fused-ring (bicyclic) bond motifs is 6. The molecule has 4 aromatic carbocycles. The van der Waals surface area contributed by atoms with E-state index in [4.69, 9.17) is 18.9 Å². The van der Waals surface area contributed by atoms with Crippen LogP contribution in [-0.2, 0) is 0 Å². The van der Waals surface area contributed by atoms with Gasteiger partial charge in [0.05, 0.1) is 0 Å². The van der Waals surface area contributed by atoms with Crippen LogP contribution in [0.2, 0.25) is 0 Å². The molecule has 9 heteroatoms. The fourth-order valence-electron chi connectivity index (χ4n) is 4.06. The number of hydrogen-bond donors (Lipinski definition) is 1. The van der Waals surface area contributed by atoms with Gasteiger partial charge in [0.15, 0.2) is 23.1 Å². The number of azo groups is 2.